The summed E-state index contributed by atoms with van der Waals surface area (Å²) in [6.45, 7) is 10.9. The van der Waals surface area contributed by atoms with Gasteiger partial charge in [-0.1, -0.05) is 55.8 Å². The Balaban J connectivity index is 1.87. The van der Waals surface area contributed by atoms with Gasteiger partial charge < -0.3 is 14.5 Å². The Bertz CT molecular complexity index is 939. The van der Waals surface area contributed by atoms with E-state index < -0.39 is 0 Å². The average molecular weight is 465 g/mol. The summed E-state index contributed by atoms with van der Waals surface area (Å²) < 4.78 is 6.28. The zero-order valence-corrected chi connectivity index (χ0v) is 21.3. The first-order valence-electron chi connectivity index (χ1n) is 12.7. The van der Waals surface area contributed by atoms with Crippen LogP contribution in [-0.4, -0.2) is 53.9 Å². The van der Waals surface area contributed by atoms with E-state index >= 15 is 0 Å². The second-order valence-electron chi connectivity index (χ2n) is 9.79. The van der Waals surface area contributed by atoms with Crippen LogP contribution in [0, 0.1) is 12.8 Å². The predicted octanol–water partition coefficient (Wildman–Crippen LogP) is 5.51. The molecule has 0 bridgehead atoms. The highest BCUT2D eigenvalue weighted by molar-refractivity contribution is 5.97. The summed E-state index contributed by atoms with van der Waals surface area (Å²) in [5.74, 6) is 1.19. The van der Waals surface area contributed by atoms with Gasteiger partial charge >= 0.3 is 0 Å². The zero-order chi connectivity index (χ0) is 24.5. The summed E-state index contributed by atoms with van der Waals surface area (Å²) in [6.07, 6.45) is 4.09. The van der Waals surface area contributed by atoms with Gasteiger partial charge in [0.25, 0.3) is 5.91 Å². The highest BCUT2D eigenvalue weighted by atomic mass is 16.5. The van der Waals surface area contributed by atoms with E-state index in [1.54, 1.807) is 0 Å². The molecule has 0 aromatic heterocycles. The molecule has 1 heterocycles. The van der Waals surface area contributed by atoms with Crippen molar-refractivity contribution in [3.8, 4) is 5.75 Å². The molecule has 2 aromatic rings. The number of carbonyl (C=O) groups excluding carboxylic acids is 2. The summed E-state index contributed by atoms with van der Waals surface area (Å²) >= 11 is 0. The normalized spacial score (nSPS) is 17.9. The fraction of sp³-hybridized carbons (Fsp3) is 0.517. The van der Waals surface area contributed by atoms with Crippen LogP contribution in [0.2, 0.25) is 0 Å². The van der Waals surface area contributed by atoms with E-state index in [0.29, 0.717) is 43.3 Å². The number of fused-ring (bicyclic) bond motifs is 1. The second-order valence-corrected chi connectivity index (χ2v) is 9.79. The maximum Gasteiger partial charge on any atom is 0.257 e. The molecule has 3 rings (SSSR count). The summed E-state index contributed by atoms with van der Waals surface area (Å²) in [5, 5.41) is 0. The Morgan fingerprint density at radius 3 is 2.44 bits per heavy atom. The third kappa shape index (κ3) is 7.09. The van der Waals surface area contributed by atoms with Gasteiger partial charge in [0.15, 0.2) is 0 Å². The predicted molar refractivity (Wildman–Crippen MR) is 137 cm³/mol. The summed E-state index contributed by atoms with van der Waals surface area (Å²) in [7, 11) is 0. The monoisotopic (exact) mass is 464 g/mol. The Morgan fingerprint density at radius 1 is 1.03 bits per heavy atom. The number of hydrogen-bond donors (Lipinski definition) is 0. The number of rotatable bonds is 5. The maximum absolute atomic E-state index is 13.5. The highest BCUT2D eigenvalue weighted by Gasteiger charge is 2.27. The summed E-state index contributed by atoms with van der Waals surface area (Å²) in [6, 6.07) is 15.7. The second kappa shape index (κ2) is 12.6. The van der Waals surface area contributed by atoms with Gasteiger partial charge in [-0.3, -0.25) is 9.59 Å². The van der Waals surface area contributed by atoms with Gasteiger partial charge in [-0.25, -0.2) is 0 Å². The zero-order valence-electron chi connectivity index (χ0n) is 21.3. The molecule has 0 saturated carbocycles. The summed E-state index contributed by atoms with van der Waals surface area (Å²) in [4.78, 5) is 30.7. The molecule has 0 spiro atoms. The highest BCUT2D eigenvalue weighted by Crippen LogP contribution is 2.23. The van der Waals surface area contributed by atoms with Gasteiger partial charge in [-0.05, 0) is 63.1 Å². The van der Waals surface area contributed by atoms with Crippen LogP contribution in [0.25, 0.3) is 0 Å². The van der Waals surface area contributed by atoms with E-state index in [1.807, 2.05) is 53.1 Å². The number of ether oxygens (including phenoxy) is 1. The Morgan fingerprint density at radius 2 is 1.74 bits per heavy atom. The van der Waals surface area contributed by atoms with Gasteiger partial charge in [0, 0.05) is 19.6 Å². The first kappa shape index (κ1) is 25.8. The third-order valence-electron chi connectivity index (χ3n) is 6.53. The molecule has 0 radical (unpaired) electrons. The van der Waals surface area contributed by atoms with Gasteiger partial charge in [-0.15, -0.1) is 0 Å². The molecule has 1 aliphatic heterocycles. The van der Waals surface area contributed by atoms with E-state index in [0.717, 1.165) is 37.8 Å². The minimum Gasteiger partial charge on any atom is -0.491 e. The lowest BCUT2D eigenvalue weighted by Gasteiger charge is -2.33. The molecule has 5 heteroatoms. The third-order valence-corrected chi connectivity index (χ3v) is 6.53. The molecule has 34 heavy (non-hydrogen) atoms. The molecule has 0 aliphatic carbocycles. The van der Waals surface area contributed by atoms with Crippen LogP contribution < -0.4 is 4.74 Å². The largest absolute Gasteiger partial charge is 0.491 e. The number of nitrogens with zero attached hydrogens (tertiary/aromatic N) is 2. The topological polar surface area (TPSA) is 49.9 Å². The van der Waals surface area contributed by atoms with Crippen LogP contribution in [-0.2, 0) is 11.2 Å². The minimum absolute atomic E-state index is 0.0186. The van der Waals surface area contributed by atoms with E-state index in [2.05, 4.69) is 32.9 Å². The molecule has 2 aromatic carbocycles. The Labute approximate surface area is 205 Å². The van der Waals surface area contributed by atoms with E-state index in [9.17, 15) is 9.59 Å². The van der Waals surface area contributed by atoms with Crippen LogP contribution in [0.3, 0.4) is 0 Å². The van der Waals surface area contributed by atoms with E-state index in [1.165, 1.54) is 5.56 Å². The Hall–Kier alpha value is -2.82. The molecule has 0 N–H and O–H groups in total. The van der Waals surface area contributed by atoms with Crippen molar-refractivity contribution in [2.45, 2.75) is 65.8 Å². The molecule has 1 atom stereocenters. The van der Waals surface area contributed by atoms with Crippen molar-refractivity contribution in [3.05, 3.63) is 65.2 Å². The molecular formula is C29H40N2O3. The van der Waals surface area contributed by atoms with Gasteiger partial charge in [0.05, 0.1) is 18.0 Å². The molecule has 1 aliphatic rings. The molecule has 0 unspecified atom stereocenters. The minimum atomic E-state index is -0.0378. The molecule has 0 saturated heterocycles. The first-order chi connectivity index (χ1) is 16.4. The molecular weight excluding hydrogens is 424 g/mol. The number of amides is 2. The van der Waals surface area contributed by atoms with Crippen LogP contribution in [0.4, 0.5) is 0 Å². The molecule has 2 amide bonds. The number of benzene rings is 2. The number of aryl methyl sites for hydroxylation is 1. The fourth-order valence-electron chi connectivity index (χ4n) is 4.61. The molecule has 0 fully saturated rings. The van der Waals surface area contributed by atoms with Crippen LogP contribution in [0.5, 0.6) is 5.75 Å². The summed E-state index contributed by atoms with van der Waals surface area (Å²) in [5.41, 5.74) is 2.83. The van der Waals surface area contributed by atoms with Crippen LogP contribution in [0.1, 0.15) is 67.9 Å². The van der Waals surface area contributed by atoms with Crippen molar-refractivity contribution in [1.82, 2.24) is 9.80 Å². The van der Waals surface area contributed by atoms with Crippen molar-refractivity contribution < 1.29 is 14.3 Å². The molecule has 184 valence electrons. The average Bonchev–Trinajstić information content (AvgIpc) is 2.83. The maximum atomic E-state index is 13.5. The van der Waals surface area contributed by atoms with Crippen molar-refractivity contribution in [3.63, 3.8) is 0 Å². The van der Waals surface area contributed by atoms with Gasteiger partial charge in [-0.2, -0.15) is 0 Å². The SMILES string of the molecule is CCN1CCCCCN(C(=O)Cc2ccc(C)cc2)[C@@H](CC(C)C)COc2ccccc2C1=O. The van der Waals surface area contributed by atoms with E-state index in [4.69, 9.17) is 4.74 Å². The lowest BCUT2D eigenvalue weighted by Crippen LogP contribution is -2.45. The van der Waals surface area contributed by atoms with Gasteiger partial charge in [0.2, 0.25) is 5.91 Å². The molecule has 5 nitrogen and oxygen atoms in total. The Kier molecular flexibility index (Phi) is 9.55. The van der Waals surface area contributed by atoms with Crippen molar-refractivity contribution in [2.75, 3.05) is 26.2 Å². The van der Waals surface area contributed by atoms with Crippen molar-refractivity contribution in [1.29, 1.82) is 0 Å². The van der Waals surface area contributed by atoms with Crippen LogP contribution in [0.15, 0.2) is 48.5 Å². The van der Waals surface area contributed by atoms with Crippen molar-refractivity contribution in [2.24, 2.45) is 5.92 Å². The smallest absolute Gasteiger partial charge is 0.257 e. The lowest BCUT2D eigenvalue weighted by atomic mass is 10.0. The fourth-order valence-corrected chi connectivity index (χ4v) is 4.61. The quantitative estimate of drug-likeness (QED) is 0.587. The van der Waals surface area contributed by atoms with Crippen molar-refractivity contribution >= 4 is 11.8 Å². The van der Waals surface area contributed by atoms with Gasteiger partial charge in [0.1, 0.15) is 12.4 Å². The lowest BCUT2D eigenvalue weighted by molar-refractivity contribution is -0.134. The first-order valence-corrected chi connectivity index (χ1v) is 12.7. The standard InChI is InChI=1S/C29H40N2O3/c1-5-30-17-9-6-10-18-31(28(32)20-24-15-13-23(4)14-16-24)25(19-22(2)3)21-34-27-12-8-7-11-26(27)29(30)33/h7-8,11-16,22,25H,5-6,9-10,17-21H2,1-4H3/t25-/m0/s1. The number of hydrogen-bond acceptors (Lipinski definition) is 3. The van der Waals surface area contributed by atoms with Crippen LogP contribution >= 0.6 is 0 Å². The number of para-hydroxylation sites is 1. The number of carbonyl (C=O) groups is 2. The van der Waals surface area contributed by atoms with E-state index in [-0.39, 0.29) is 17.9 Å².